The summed E-state index contributed by atoms with van der Waals surface area (Å²) >= 11 is 0. The van der Waals surface area contributed by atoms with Crippen LogP contribution in [0.2, 0.25) is 0 Å². The van der Waals surface area contributed by atoms with Crippen LogP contribution in [0, 0.1) is 5.82 Å². The van der Waals surface area contributed by atoms with E-state index in [1.807, 2.05) is 6.07 Å². The van der Waals surface area contributed by atoms with Gasteiger partial charge in [-0.2, -0.15) is 0 Å². The Kier molecular flexibility index (Phi) is 4.27. The topological polar surface area (TPSA) is 49.4 Å². The van der Waals surface area contributed by atoms with Gasteiger partial charge in [0, 0.05) is 6.54 Å². The summed E-state index contributed by atoms with van der Waals surface area (Å²) in [4.78, 5) is 24.6. The highest BCUT2D eigenvalue weighted by molar-refractivity contribution is 6.05. The number of amides is 2. The van der Waals surface area contributed by atoms with E-state index in [0.29, 0.717) is 19.5 Å². The Bertz CT molecular complexity index is 490. The third-order valence-corrected chi connectivity index (χ3v) is 3.25. The van der Waals surface area contributed by atoms with Crippen molar-refractivity contribution in [3.8, 4) is 0 Å². The minimum atomic E-state index is -0.430. The van der Waals surface area contributed by atoms with E-state index < -0.39 is 6.04 Å². The lowest BCUT2D eigenvalue weighted by Gasteiger charge is -2.13. The number of benzene rings is 1. The molecule has 0 radical (unpaired) electrons. The van der Waals surface area contributed by atoms with Gasteiger partial charge in [0.25, 0.3) is 0 Å². The first-order valence-corrected chi connectivity index (χ1v) is 6.44. The van der Waals surface area contributed by atoms with Gasteiger partial charge in [-0.1, -0.05) is 12.1 Å². The van der Waals surface area contributed by atoms with Gasteiger partial charge < -0.3 is 5.32 Å². The number of rotatable bonds is 5. The highest BCUT2D eigenvalue weighted by Gasteiger charge is 2.36. The van der Waals surface area contributed by atoms with Gasteiger partial charge in [0.05, 0.1) is 12.5 Å². The molecule has 1 unspecified atom stereocenters. The van der Waals surface area contributed by atoms with E-state index in [9.17, 15) is 14.0 Å². The second kappa shape index (κ2) is 5.93. The molecule has 2 rings (SSSR count). The highest BCUT2D eigenvalue weighted by atomic mass is 19.1. The fourth-order valence-electron chi connectivity index (χ4n) is 2.26. The Morgan fingerprint density at radius 1 is 1.42 bits per heavy atom. The molecule has 102 valence electrons. The monoisotopic (exact) mass is 264 g/mol. The molecule has 0 aromatic heterocycles. The van der Waals surface area contributed by atoms with Crippen LogP contribution >= 0.6 is 0 Å². The fraction of sp³-hybridized carbons (Fsp3) is 0.429. The van der Waals surface area contributed by atoms with Gasteiger partial charge in [-0.15, -0.1) is 0 Å². The molecule has 1 N–H and O–H groups in total. The van der Waals surface area contributed by atoms with E-state index in [-0.39, 0.29) is 24.1 Å². The Hall–Kier alpha value is -1.75. The molecule has 1 aliphatic heterocycles. The van der Waals surface area contributed by atoms with Gasteiger partial charge in [-0.3, -0.25) is 14.5 Å². The normalized spacial score (nSPS) is 19.3. The molecule has 2 amide bonds. The Labute approximate surface area is 111 Å². The van der Waals surface area contributed by atoms with Crippen LogP contribution in [-0.4, -0.2) is 35.8 Å². The predicted molar refractivity (Wildman–Crippen MR) is 68.9 cm³/mol. The standard InChI is InChI=1S/C14H17FN2O2/c1-2-17-13(18)9-12(14(17)19)16-7-6-10-4-3-5-11(15)8-10/h3-5,8,12,16H,2,6-7,9H2,1H3. The average molecular weight is 264 g/mol. The summed E-state index contributed by atoms with van der Waals surface area (Å²) in [7, 11) is 0. The van der Waals surface area contributed by atoms with Crippen molar-refractivity contribution in [3.63, 3.8) is 0 Å². The van der Waals surface area contributed by atoms with Crippen molar-refractivity contribution >= 4 is 11.8 Å². The minimum absolute atomic E-state index is 0.129. The number of imide groups is 1. The zero-order chi connectivity index (χ0) is 13.8. The molecular formula is C14H17FN2O2. The summed E-state index contributed by atoms with van der Waals surface area (Å²) in [6, 6.07) is 5.94. The summed E-state index contributed by atoms with van der Waals surface area (Å²) in [6.45, 7) is 2.75. The smallest absolute Gasteiger partial charge is 0.246 e. The number of likely N-dealkylation sites (N-methyl/N-ethyl adjacent to an activating group) is 1. The van der Waals surface area contributed by atoms with E-state index in [0.717, 1.165) is 5.56 Å². The van der Waals surface area contributed by atoms with Gasteiger partial charge in [-0.25, -0.2) is 4.39 Å². The van der Waals surface area contributed by atoms with Crippen molar-refractivity contribution in [3.05, 3.63) is 35.6 Å². The first kappa shape index (κ1) is 13.7. The lowest BCUT2D eigenvalue weighted by atomic mass is 10.1. The molecule has 1 fully saturated rings. The number of carbonyl (C=O) groups is 2. The molecule has 1 heterocycles. The third kappa shape index (κ3) is 3.17. The van der Waals surface area contributed by atoms with Crippen molar-refractivity contribution < 1.29 is 14.0 Å². The molecule has 0 aliphatic carbocycles. The molecule has 1 saturated heterocycles. The Morgan fingerprint density at radius 2 is 2.21 bits per heavy atom. The van der Waals surface area contributed by atoms with E-state index in [4.69, 9.17) is 0 Å². The van der Waals surface area contributed by atoms with Crippen LogP contribution in [0.15, 0.2) is 24.3 Å². The molecule has 0 spiro atoms. The van der Waals surface area contributed by atoms with Crippen LogP contribution in [-0.2, 0) is 16.0 Å². The van der Waals surface area contributed by atoms with Crippen LogP contribution in [0.1, 0.15) is 18.9 Å². The lowest BCUT2D eigenvalue weighted by molar-refractivity contribution is -0.138. The van der Waals surface area contributed by atoms with Gasteiger partial charge in [0.2, 0.25) is 11.8 Å². The van der Waals surface area contributed by atoms with Gasteiger partial charge in [0.1, 0.15) is 5.82 Å². The molecule has 1 aromatic carbocycles. The largest absolute Gasteiger partial charge is 0.305 e. The van der Waals surface area contributed by atoms with Gasteiger partial charge in [0.15, 0.2) is 0 Å². The number of nitrogens with one attached hydrogen (secondary N) is 1. The SMILES string of the molecule is CCN1C(=O)CC(NCCc2cccc(F)c2)C1=O. The molecule has 5 heteroatoms. The molecule has 1 aromatic rings. The maximum atomic E-state index is 13.0. The summed E-state index contributed by atoms with van der Waals surface area (Å²) in [5.74, 6) is -0.552. The lowest BCUT2D eigenvalue weighted by Crippen LogP contribution is -2.39. The zero-order valence-corrected chi connectivity index (χ0v) is 10.9. The predicted octanol–water partition coefficient (Wildman–Crippen LogP) is 1.11. The maximum absolute atomic E-state index is 13.0. The summed E-state index contributed by atoms with van der Waals surface area (Å²) < 4.78 is 13.0. The van der Waals surface area contributed by atoms with E-state index in [2.05, 4.69) is 5.32 Å². The van der Waals surface area contributed by atoms with Crippen molar-refractivity contribution in [1.29, 1.82) is 0 Å². The van der Waals surface area contributed by atoms with Crippen LogP contribution in [0.4, 0.5) is 4.39 Å². The quantitative estimate of drug-likeness (QED) is 0.810. The van der Waals surface area contributed by atoms with Gasteiger partial charge >= 0.3 is 0 Å². The number of halogens is 1. The van der Waals surface area contributed by atoms with E-state index in [1.54, 1.807) is 13.0 Å². The number of hydrogen-bond donors (Lipinski definition) is 1. The molecule has 19 heavy (non-hydrogen) atoms. The van der Waals surface area contributed by atoms with E-state index in [1.165, 1.54) is 17.0 Å². The Morgan fingerprint density at radius 3 is 2.84 bits per heavy atom. The van der Waals surface area contributed by atoms with Crippen LogP contribution in [0.25, 0.3) is 0 Å². The molecule has 0 bridgehead atoms. The summed E-state index contributed by atoms with van der Waals surface area (Å²) in [6.07, 6.45) is 0.845. The number of hydrogen-bond acceptors (Lipinski definition) is 3. The summed E-state index contributed by atoms with van der Waals surface area (Å²) in [5, 5.41) is 3.06. The second-order valence-corrected chi connectivity index (χ2v) is 4.57. The fourth-order valence-corrected chi connectivity index (χ4v) is 2.26. The molecule has 1 aliphatic rings. The number of nitrogens with zero attached hydrogens (tertiary/aromatic N) is 1. The van der Waals surface area contributed by atoms with Crippen LogP contribution in [0.5, 0.6) is 0 Å². The van der Waals surface area contributed by atoms with Crippen LogP contribution in [0.3, 0.4) is 0 Å². The van der Waals surface area contributed by atoms with E-state index >= 15 is 0 Å². The van der Waals surface area contributed by atoms with Crippen molar-refractivity contribution in [2.24, 2.45) is 0 Å². The van der Waals surface area contributed by atoms with Crippen molar-refractivity contribution in [1.82, 2.24) is 10.2 Å². The maximum Gasteiger partial charge on any atom is 0.246 e. The molecule has 4 nitrogen and oxygen atoms in total. The van der Waals surface area contributed by atoms with Crippen molar-refractivity contribution in [2.75, 3.05) is 13.1 Å². The number of likely N-dealkylation sites (tertiary alicyclic amines) is 1. The molecule has 1 atom stereocenters. The minimum Gasteiger partial charge on any atom is -0.305 e. The van der Waals surface area contributed by atoms with Crippen molar-refractivity contribution in [2.45, 2.75) is 25.8 Å². The Balaban J connectivity index is 1.84. The first-order valence-electron chi connectivity index (χ1n) is 6.44. The average Bonchev–Trinajstić information content (AvgIpc) is 2.64. The molecular weight excluding hydrogens is 247 g/mol. The highest BCUT2D eigenvalue weighted by Crippen LogP contribution is 2.12. The first-order chi connectivity index (χ1) is 9.11. The zero-order valence-electron chi connectivity index (χ0n) is 10.9. The third-order valence-electron chi connectivity index (χ3n) is 3.25. The molecule has 0 saturated carbocycles. The number of carbonyl (C=O) groups excluding carboxylic acids is 2. The van der Waals surface area contributed by atoms with Gasteiger partial charge in [-0.05, 0) is 37.6 Å². The van der Waals surface area contributed by atoms with Crippen LogP contribution < -0.4 is 5.32 Å². The second-order valence-electron chi connectivity index (χ2n) is 4.57. The summed E-state index contributed by atoms with van der Waals surface area (Å²) in [5.41, 5.74) is 0.872.